The van der Waals surface area contributed by atoms with Gasteiger partial charge in [-0.1, -0.05) is 19.8 Å². The Hall–Kier alpha value is -0.610. The highest BCUT2D eigenvalue weighted by Crippen LogP contribution is 2.27. The van der Waals surface area contributed by atoms with Gasteiger partial charge in [0.15, 0.2) is 0 Å². The Kier molecular flexibility index (Phi) is 4.62. The van der Waals surface area contributed by atoms with Crippen LogP contribution in [0.15, 0.2) is 0 Å². The zero-order valence-corrected chi connectivity index (χ0v) is 11.8. The lowest BCUT2D eigenvalue weighted by atomic mass is 10.1. The van der Waals surface area contributed by atoms with Gasteiger partial charge in [0.25, 0.3) is 0 Å². The zero-order valence-electron chi connectivity index (χ0n) is 11.8. The van der Waals surface area contributed by atoms with E-state index >= 15 is 0 Å². The summed E-state index contributed by atoms with van der Waals surface area (Å²) in [7, 11) is 2.06. The standard InChI is InChI=1S/C14H27N3O/c1-11-9-16(2)13(7-8-15)14(18)17(10-11)12-5-3-4-6-12/h11-13H,3-10,15H2,1-2H3. The summed E-state index contributed by atoms with van der Waals surface area (Å²) in [6.45, 7) is 4.76. The van der Waals surface area contributed by atoms with Crippen LogP contribution in [0.2, 0.25) is 0 Å². The topological polar surface area (TPSA) is 49.6 Å². The number of carbonyl (C=O) groups is 1. The second-order valence-corrected chi connectivity index (χ2v) is 6.07. The Balaban J connectivity index is 2.14. The maximum Gasteiger partial charge on any atom is 0.240 e. The molecular weight excluding hydrogens is 226 g/mol. The van der Waals surface area contributed by atoms with Crippen molar-refractivity contribution >= 4 is 5.91 Å². The summed E-state index contributed by atoms with van der Waals surface area (Å²) in [5.74, 6) is 0.876. The van der Waals surface area contributed by atoms with Crippen LogP contribution in [0.1, 0.15) is 39.0 Å². The van der Waals surface area contributed by atoms with E-state index in [9.17, 15) is 4.79 Å². The predicted molar refractivity (Wildman–Crippen MR) is 73.2 cm³/mol. The molecule has 18 heavy (non-hydrogen) atoms. The van der Waals surface area contributed by atoms with Crippen LogP contribution in [0.5, 0.6) is 0 Å². The number of rotatable bonds is 3. The fraction of sp³-hybridized carbons (Fsp3) is 0.929. The van der Waals surface area contributed by atoms with Crippen molar-refractivity contribution in [2.75, 3.05) is 26.7 Å². The molecule has 1 aliphatic carbocycles. The van der Waals surface area contributed by atoms with Gasteiger partial charge in [0.05, 0.1) is 6.04 Å². The van der Waals surface area contributed by atoms with Crippen LogP contribution >= 0.6 is 0 Å². The molecule has 1 aliphatic heterocycles. The summed E-state index contributed by atoms with van der Waals surface area (Å²) in [5.41, 5.74) is 5.67. The van der Waals surface area contributed by atoms with E-state index in [4.69, 9.17) is 5.73 Å². The lowest BCUT2D eigenvalue weighted by molar-refractivity contribution is -0.137. The molecule has 2 aliphatic rings. The van der Waals surface area contributed by atoms with E-state index in [2.05, 4.69) is 23.8 Å². The van der Waals surface area contributed by atoms with Gasteiger partial charge in [-0.3, -0.25) is 9.69 Å². The number of hydrogen-bond donors (Lipinski definition) is 1. The molecule has 4 nitrogen and oxygen atoms in total. The summed E-state index contributed by atoms with van der Waals surface area (Å²) in [4.78, 5) is 17.1. The second-order valence-electron chi connectivity index (χ2n) is 6.07. The third kappa shape index (κ3) is 2.86. The van der Waals surface area contributed by atoms with Crippen LogP contribution in [0.4, 0.5) is 0 Å². The van der Waals surface area contributed by atoms with Crippen molar-refractivity contribution in [3.63, 3.8) is 0 Å². The molecule has 1 saturated heterocycles. The molecule has 1 amide bonds. The SMILES string of the molecule is CC1CN(C)C(CCN)C(=O)N(C2CCCC2)C1. The first-order chi connectivity index (χ1) is 8.63. The Morgan fingerprint density at radius 1 is 1.28 bits per heavy atom. The van der Waals surface area contributed by atoms with Gasteiger partial charge >= 0.3 is 0 Å². The van der Waals surface area contributed by atoms with Gasteiger partial charge in [-0.15, -0.1) is 0 Å². The highest BCUT2D eigenvalue weighted by atomic mass is 16.2. The van der Waals surface area contributed by atoms with Crippen molar-refractivity contribution in [3.05, 3.63) is 0 Å². The van der Waals surface area contributed by atoms with E-state index in [1.807, 2.05) is 0 Å². The molecule has 0 aromatic rings. The number of likely N-dealkylation sites (N-methyl/N-ethyl adjacent to an activating group) is 1. The van der Waals surface area contributed by atoms with Crippen LogP contribution in [0.3, 0.4) is 0 Å². The molecule has 0 radical (unpaired) electrons. The van der Waals surface area contributed by atoms with Crippen LogP contribution in [0, 0.1) is 5.92 Å². The third-order valence-electron chi connectivity index (χ3n) is 4.41. The summed E-state index contributed by atoms with van der Waals surface area (Å²) in [5, 5.41) is 0. The predicted octanol–water partition coefficient (Wildman–Crippen LogP) is 1.06. The molecule has 2 unspecified atom stereocenters. The van der Waals surface area contributed by atoms with Gasteiger partial charge in [0.2, 0.25) is 5.91 Å². The Morgan fingerprint density at radius 3 is 2.56 bits per heavy atom. The number of carbonyl (C=O) groups excluding carboxylic acids is 1. The fourth-order valence-electron chi connectivity index (χ4n) is 3.53. The van der Waals surface area contributed by atoms with E-state index in [-0.39, 0.29) is 6.04 Å². The number of nitrogens with two attached hydrogens (primary N) is 1. The molecule has 2 fully saturated rings. The van der Waals surface area contributed by atoms with Crippen LogP contribution < -0.4 is 5.73 Å². The molecule has 4 heteroatoms. The van der Waals surface area contributed by atoms with E-state index in [0.717, 1.165) is 19.5 Å². The summed E-state index contributed by atoms with van der Waals surface area (Å²) >= 11 is 0. The van der Waals surface area contributed by atoms with Gasteiger partial charge in [0, 0.05) is 19.1 Å². The minimum atomic E-state index is 0.000509. The van der Waals surface area contributed by atoms with Crippen molar-refractivity contribution < 1.29 is 4.79 Å². The molecular formula is C14H27N3O. The smallest absolute Gasteiger partial charge is 0.240 e. The first kappa shape index (κ1) is 13.8. The normalized spacial score (nSPS) is 31.9. The molecule has 2 N–H and O–H groups in total. The molecule has 0 aromatic carbocycles. The zero-order chi connectivity index (χ0) is 13.1. The van der Waals surface area contributed by atoms with Crippen LogP contribution in [-0.2, 0) is 4.79 Å². The minimum Gasteiger partial charge on any atom is -0.338 e. The van der Waals surface area contributed by atoms with Crippen molar-refractivity contribution in [3.8, 4) is 0 Å². The summed E-state index contributed by atoms with van der Waals surface area (Å²) < 4.78 is 0. The molecule has 0 bridgehead atoms. The van der Waals surface area contributed by atoms with Gasteiger partial charge in [0.1, 0.15) is 0 Å². The lowest BCUT2D eigenvalue weighted by Gasteiger charge is -2.32. The Morgan fingerprint density at radius 2 is 1.94 bits per heavy atom. The molecule has 104 valence electrons. The molecule has 2 rings (SSSR count). The lowest BCUT2D eigenvalue weighted by Crippen LogP contribution is -2.48. The fourth-order valence-corrected chi connectivity index (χ4v) is 3.53. The molecule has 0 aromatic heterocycles. The number of hydrogen-bond acceptors (Lipinski definition) is 3. The summed E-state index contributed by atoms with van der Waals surface area (Å²) in [6.07, 6.45) is 5.72. The molecule has 1 saturated carbocycles. The first-order valence-electron chi connectivity index (χ1n) is 7.34. The van der Waals surface area contributed by atoms with Crippen molar-refractivity contribution in [2.24, 2.45) is 11.7 Å². The van der Waals surface area contributed by atoms with Crippen LogP contribution in [0.25, 0.3) is 0 Å². The van der Waals surface area contributed by atoms with Crippen molar-refractivity contribution in [1.29, 1.82) is 0 Å². The largest absolute Gasteiger partial charge is 0.338 e. The monoisotopic (exact) mass is 253 g/mol. The van der Waals surface area contributed by atoms with E-state index in [0.29, 0.717) is 24.4 Å². The minimum absolute atomic E-state index is 0.000509. The quantitative estimate of drug-likeness (QED) is 0.818. The van der Waals surface area contributed by atoms with Gasteiger partial charge < -0.3 is 10.6 Å². The Bertz CT molecular complexity index is 289. The molecule has 2 atom stereocenters. The number of amides is 1. The molecule has 1 heterocycles. The van der Waals surface area contributed by atoms with Gasteiger partial charge in [-0.2, -0.15) is 0 Å². The molecule has 0 spiro atoms. The van der Waals surface area contributed by atoms with Crippen molar-refractivity contribution in [1.82, 2.24) is 9.80 Å². The van der Waals surface area contributed by atoms with Gasteiger partial charge in [-0.25, -0.2) is 0 Å². The maximum atomic E-state index is 12.7. The van der Waals surface area contributed by atoms with Gasteiger partial charge in [-0.05, 0) is 38.8 Å². The summed E-state index contributed by atoms with van der Waals surface area (Å²) in [6, 6.07) is 0.493. The first-order valence-corrected chi connectivity index (χ1v) is 7.34. The average Bonchev–Trinajstić information content (AvgIpc) is 2.82. The number of nitrogens with zero attached hydrogens (tertiary/aromatic N) is 2. The Labute approximate surface area is 110 Å². The van der Waals surface area contributed by atoms with Crippen molar-refractivity contribution in [2.45, 2.75) is 51.1 Å². The van der Waals surface area contributed by atoms with E-state index in [1.165, 1.54) is 25.7 Å². The highest BCUT2D eigenvalue weighted by Gasteiger charge is 2.36. The average molecular weight is 253 g/mol. The van der Waals surface area contributed by atoms with E-state index in [1.54, 1.807) is 0 Å². The highest BCUT2D eigenvalue weighted by molar-refractivity contribution is 5.82. The van der Waals surface area contributed by atoms with Crippen LogP contribution in [-0.4, -0.2) is 54.5 Å². The third-order valence-corrected chi connectivity index (χ3v) is 4.41. The van der Waals surface area contributed by atoms with E-state index < -0.39 is 0 Å². The second kappa shape index (κ2) is 6.02. The maximum absolute atomic E-state index is 12.7.